The molecular formula is C28H36Cl2N2O3. The maximum absolute atomic E-state index is 12.3. The highest BCUT2D eigenvalue weighted by Crippen LogP contribution is 2.29. The van der Waals surface area contributed by atoms with Crippen molar-refractivity contribution in [2.24, 2.45) is 0 Å². The van der Waals surface area contributed by atoms with Crippen LogP contribution >= 0.6 is 24.8 Å². The van der Waals surface area contributed by atoms with E-state index in [1.807, 2.05) is 12.1 Å². The average Bonchev–Trinajstić information content (AvgIpc) is 2.85. The van der Waals surface area contributed by atoms with Crippen molar-refractivity contribution in [3.63, 3.8) is 0 Å². The topological polar surface area (TPSA) is 45.9 Å². The summed E-state index contributed by atoms with van der Waals surface area (Å²) < 4.78 is 11.6. The average molecular weight is 520 g/mol. The van der Waals surface area contributed by atoms with Crippen molar-refractivity contribution < 1.29 is 9.15 Å². The van der Waals surface area contributed by atoms with Gasteiger partial charge in [0.1, 0.15) is 11.3 Å². The Labute approximate surface area is 220 Å². The summed E-state index contributed by atoms with van der Waals surface area (Å²) in [6.07, 6.45) is 6.19. The van der Waals surface area contributed by atoms with Gasteiger partial charge in [-0.05, 0) is 68.3 Å². The Hall–Kier alpha value is -2.05. The number of ether oxygens (including phenoxy) is 1. The summed E-state index contributed by atoms with van der Waals surface area (Å²) >= 11 is 0. The van der Waals surface area contributed by atoms with Crippen LogP contribution in [-0.2, 0) is 19.4 Å². The van der Waals surface area contributed by atoms with Crippen molar-refractivity contribution in [3.8, 4) is 5.75 Å². The van der Waals surface area contributed by atoms with Gasteiger partial charge < -0.3 is 14.1 Å². The van der Waals surface area contributed by atoms with Gasteiger partial charge in [0.05, 0.1) is 6.61 Å². The maximum Gasteiger partial charge on any atom is 0.339 e. The monoisotopic (exact) mass is 518 g/mol. The molecule has 2 aliphatic rings. The summed E-state index contributed by atoms with van der Waals surface area (Å²) in [5.41, 5.74) is 3.95. The van der Waals surface area contributed by atoms with Crippen LogP contribution in [0.25, 0.3) is 11.0 Å². The van der Waals surface area contributed by atoms with E-state index in [0.717, 1.165) is 94.5 Å². The molecule has 1 aliphatic carbocycles. The lowest BCUT2D eigenvalue weighted by atomic mass is 9.91. The number of rotatable bonds is 8. The van der Waals surface area contributed by atoms with E-state index in [1.165, 1.54) is 11.1 Å². The lowest BCUT2D eigenvalue weighted by molar-refractivity contribution is 0.124. The summed E-state index contributed by atoms with van der Waals surface area (Å²) in [6, 6.07) is 16.7. The standard InChI is InChI=1S/C28H34N2O3.2ClH/c31-28-26-11-5-4-10-24(26)25-13-12-23(20-27(25)33-28)32-19-7-6-14-29-15-17-30(18-16-29)21-22-8-2-1-3-9-22;;/h1-3,8-9,12-13,20H,4-7,10-11,14-19,21H2;2*1H. The van der Waals surface area contributed by atoms with Gasteiger partial charge >= 0.3 is 5.63 Å². The molecule has 1 saturated heterocycles. The molecule has 0 amide bonds. The molecule has 35 heavy (non-hydrogen) atoms. The number of fused-ring (bicyclic) bond motifs is 3. The first kappa shape index (κ1) is 27.5. The quantitative estimate of drug-likeness (QED) is 0.291. The number of unbranched alkanes of at least 4 members (excludes halogenated alkanes) is 1. The van der Waals surface area contributed by atoms with Gasteiger partial charge in [-0.15, -0.1) is 24.8 Å². The molecule has 0 bridgehead atoms. The van der Waals surface area contributed by atoms with E-state index in [0.29, 0.717) is 12.2 Å². The number of hydrogen-bond donors (Lipinski definition) is 0. The predicted octanol–water partition coefficient (Wildman–Crippen LogP) is 5.49. The number of benzene rings is 2. The van der Waals surface area contributed by atoms with Gasteiger partial charge in [0.15, 0.2) is 0 Å². The molecule has 0 unspecified atom stereocenters. The van der Waals surface area contributed by atoms with E-state index in [2.05, 4.69) is 46.2 Å². The molecule has 3 aromatic rings. The van der Waals surface area contributed by atoms with Crippen LogP contribution in [0.3, 0.4) is 0 Å². The molecule has 2 heterocycles. The molecule has 190 valence electrons. The molecule has 0 radical (unpaired) electrons. The Kier molecular flexibility index (Phi) is 10.5. The van der Waals surface area contributed by atoms with Crippen LogP contribution in [0.15, 0.2) is 57.7 Å². The minimum Gasteiger partial charge on any atom is -0.493 e. The Morgan fingerprint density at radius 1 is 0.829 bits per heavy atom. The highest BCUT2D eigenvalue weighted by Gasteiger charge is 2.18. The second-order valence-electron chi connectivity index (χ2n) is 9.37. The van der Waals surface area contributed by atoms with E-state index < -0.39 is 0 Å². The normalized spacial score (nSPS) is 16.2. The summed E-state index contributed by atoms with van der Waals surface area (Å²) in [4.78, 5) is 17.4. The molecule has 7 heteroatoms. The Balaban J connectivity index is 0.00000171. The fraction of sp³-hybridized carbons (Fsp3) is 0.464. The summed E-state index contributed by atoms with van der Waals surface area (Å²) in [5, 5.41) is 1.07. The fourth-order valence-corrected chi connectivity index (χ4v) is 5.16. The van der Waals surface area contributed by atoms with Gasteiger partial charge in [-0.3, -0.25) is 4.90 Å². The minimum absolute atomic E-state index is 0. The minimum atomic E-state index is -0.168. The molecule has 5 rings (SSSR count). The molecule has 0 N–H and O–H groups in total. The molecule has 0 atom stereocenters. The number of halogens is 2. The van der Waals surface area contributed by atoms with Crippen LogP contribution in [0.5, 0.6) is 5.75 Å². The Bertz CT molecular complexity index is 1130. The van der Waals surface area contributed by atoms with Crippen LogP contribution in [0.4, 0.5) is 0 Å². The second-order valence-corrected chi connectivity index (χ2v) is 9.37. The second kappa shape index (κ2) is 13.3. The van der Waals surface area contributed by atoms with Crippen LogP contribution < -0.4 is 10.4 Å². The fourth-order valence-electron chi connectivity index (χ4n) is 5.16. The van der Waals surface area contributed by atoms with E-state index in [9.17, 15) is 4.79 Å². The van der Waals surface area contributed by atoms with Crippen LogP contribution in [0, 0.1) is 0 Å². The summed E-state index contributed by atoms with van der Waals surface area (Å²) in [5.74, 6) is 0.788. The zero-order valence-electron chi connectivity index (χ0n) is 20.2. The van der Waals surface area contributed by atoms with E-state index in [-0.39, 0.29) is 30.4 Å². The summed E-state index contributed by atoms with van der Waals surface area (Å²) in [7, 11) is 0. The van der Waals surface area contributed by atoms with Gasteiger partial charge in [-0.1, -0.05) is 30.3 Å². The highest BCUT2D eigenvalue weighted by atomic mass is 35.5. The van der Waals surface area contributed by atoms with E-state index >= 15 is 0 Å². The number of aryl methyl sites for hydroxylation is 1. The molecule has 0 saturated carbocycles. The third kappa shape index (κ3) is 7.01. The number of piperazine rings is 1. The van der Waals surface area contributed by atoms with Crippen molar-refractivity contribution in [3.05, 3.63) is 75.6 Å². The molecule has 5 nitrogen and oxygen atoms in total. The third-order valence-electron chi connectivity index (χ3n) is 7.05. The molecule has 2 aromatic carbocycles. The zero-order chi connectivity index (χ0) is 22.5. The van der Waals surface area contributed by atoms with Crippen molar-refractivity contribution in [2.45, 2.75) is 45.1 Å². The van der Waals surface area contributed by atoms with Crippen molar-refractivity contribution in [2.75, 3.05) is 39.3 Å². The van der Waals surface area contributed by atoms with Gasteiger partial charge in [-0.2, -0.15) is 0 Å². The van der Waals surface area contributed by atoms with Crippen LogP contribution in [0.1, 0.15) is 42.4 Å². The first-order valence-electron chi connectivity index (χ1n) is 12.5. The van der Waals surface area contributed by atoms with E-state index in [1.54, 1.807) is 0 Å². The Morgan fingerprint density at radius 3 is 2.31 bits per heavy atom. The van der Waals surface area contributed by atoms with Gasteiger partial charge in [0.2, 0.25) is 0 Å². The number of hydrogen-bond acceptors (Lipinski definition) is 5. The van der Waals surface area contributed by atoms with Gasteiger partial charge in [0, 0.05) is 49.7 Å². The molecule has 1 aromatic heterocycles. The van der Waals surface area contributed by atoms with Crippen molar-refractivity contribution in [1.82, 2.24) is 9.80 Å². The lowest BCUT2D eigenvalue weighted by Gasteiger charge is -2.34. The van der Waals surface area contributed by atoms with Gasteiger partial charge in [-0.25, -0.2) is 4.79 Å². The largest absolute Gasteiger partial charge is 0.493 e. The predicted molar refractivity (Wildman–Crippen MR) is 147 cm³/mol. The first-order valence-corrected chi connectivity index (χ1v) is 12.5. The highest BCUT2D eigenvalue weighted by molar-refractivity contribution is 5.85. The molecular weight excluding hydrogens is 483 g/mol. The third-order valence-corrected chi connectivity index (χ3v) is 7.05. The van der Waals surface area contributed by atoms with Crippen molar-refractivity contribution >= 4 is 35.8 Å². The zero-order valence-corrected chi connectivity index (χ0v) is 21.9. The summed E-state index contributed by atoms with van der Waals surface area (Å²) in [6.45, 7) is 7.42. The first-order chi connectivity index (χ1) is 16.3. The maximum atomic E-state index is 12.3. The van der Waals surface area contributed by atoms with Gasteiger partial charge in [0.25, 0.3) is 0 Å². The van der Waals surface area contributed by atoms with E-state index in [4.69, 9.17) is 9.15 Å². The van der Waals surface area contributed by atoms with Crippen LogP contribution in [0.2, 0.25) is 0 Å². The SMILES string of the molecule is Cl.Cl.O=c1oc2cc(OCCCCN3CCN(Cc4ccccc4)CC3)ccc2c2c1CCCC2. The molecule has 0 spiro atoms. The number of nitrogens with zero attached hydrogens (tertiary/aromatic N) is 2. The van der Waals surface area contributed by atoms with Crippen LogP contribution in [-0.4, -0.2) is 49.1 Å². The molecule has 1 fully saturated rings. The smallest absolute Gasteiger partial charge is 0.339 e. The molecule has 1 aliphatic heterocycles. The van der Waals surface area contributed by atoms with Crippen molar-refractivity contribution in [1.29, 1.82) is 0 Å². The lowest BCUT2D eigenvalue weighted by Crippen LogP contribution is -2.46. The Morgan fingerprint density at radius 2 is 1.54 bits per heavy atom.